The van der Waals surface area contributed by atoms with Gasteiger partial charge >= 0.3 is 6.36 Å². The molecule has 2 aromatic rings. The van der Waals surface area contributed by atoms with Crippen molar-refractivity contribution in [2.24, 2.45) is 16.6 Å². The molecule has 8 heteroatoms. The second-order valence-electron chi connectivity index (χ2n) is 7.47. The van der Waals surface area contributed by atoms with E-state index >= 15 is 0 Å². The first-order chi connectivity index (χ1) is 14.4. The Balaban J connectivity index is 1.36. The lowest BCUT2D eigenvalue weighted by Gasteiger charge is -2.16. The minimum Gasteiger partial charge on any atom is -0.406 e. The van der Waals surface area contributed by atoms with Gasteiger partial charge in [-0.15, -0.1) is 13.2 Å². The molecule has 1 saturated heterocycles. The third-order valence-electron chi connectivity index (χ3n) is 5.09. The first kappa shape index (κ1) is 22.0. The van der Waals surface area contributed by atoms with Gasteiger partial charge in [0.1, 0.15) is 5.75 Å². The van der Waals surface area contributed by atoms with Gasteiger partial charge in [-0.2, -0.15) is 0 Å². The van der Waals surface area contributed by atoms with Crippen molar-refractivity contribution in [2.45, 2.75) is 25.7 Å². The van der Waals surface area contributed by atoms with Crippen molar-refractivity contribution in [1.29, 1.82) is 0 Å². The Morgan fingerprint density at radius 2 is 1.83 bits per heavy atom. The summed E-state index contributed by atoms with van der Waals surface area (Å²) < 4.78 is 40.4. The Hall–Kier alpha value is -2.74. The number of nitrogens with one attached hydrogen (secondary N) is 1. The maximum Gasteiger partial charge on any atom is 0.573 e. The molecule has 0 bridgehead atoms. The van der Waals surface area contributed by atoms with Crippen molar-refractivity contribution in [3.63, 3.8) is 0 Å². The molecule has 162 valence electrons. The highest BCUT2D eigenvalue weighted by Crippen LogP contribution is 2.23. The molecule has 1 aliphatic heterocycles. The first-order valence-electron chi connectivity index (χ1n) is 10.0. The lowest BCUT2D eigenvalue weighted by molar-refractivity contribution is -0.274. The van der Waals surface area contributed by atoms with Crippen molar-refractivity contribution in [3.05, 3.63) is 65.7 Å². The van der Waals surface area contributed by atoms with Gasteiger partial charge in [-0.05, 0) is 48.6 Å². The molecule has 0 saturated carbocycles. The molecule has 5 nitrogen and oxygen atoms in total. The number of likely N-dealkylation sites (tertiary alicyclic amines) is 1. The van der Waals surface area contributed by atoms with Gasteiger partial charge < -0.3 is 20.7 Å². The zero-order valence-electron chi connectivity index (χ0n) is 16.7. The van der Waals surface area contributed by atoms with Crippen LogP contribution >= 0.6 is 0 Å². The third-order valence-corrected chi connectivity index (χ3v) is 5.09. The van der Waals surface area contributed by atoms with Crippen LogP contribution in [0.25, 0.3) is 0 Å². The molecule has 3 N–H and O–H groups in total. The molecule has 1 aliphatic rings. The topological polar surface area (TPSA) is 62.9 Å². The predicted molar refractivity (Wildman–Crippen MR) is 111 cm³/mol. The summed E-state index contributed by atoms with van der Waals surface area (Å²) in [6.45, 7) is 4.23. The van der Waals surface area contributed by atoms with Gasteiger partial charge in [0, 0.05) is 19.6 Å². The third kappa shape index (κ3) is 7.59. The monoisotopic (exact) mass is 420 g/mol. The van der Waals surface area contributed by atoms with Crippen LogP contribution in [0.5, 0.6) is 5.75 Å². The highest BCUT2D eigenvalue weighted by atomic mass is 19.4. The Labute approximate surface area is 174 Å². The summed E-state index contributed by atoms with van der Waals surface area (Å²) in [6, 6.07) is 16.1. The van der Waals surface area contributed by atoms with Crippen LogP contribution in [-0.4, -0.2) is 43.4 Å². The number of aliphatic imine (C=N–C) groups is 1. The second kappa shape index (κ2) is 10.3. The van der Waals surface area contributed by atoms with Gasteiger partial charge in [0.2, 0.25) is 0 Å². The fourth-order valence-corrected chi connectivity index (χ4v) is 3.49. The van der Waals surface area contributed by atoms with Crippen molar-refractivity contribution < 1.29 is 17.9 Å². The molecule has 1 heterocycles. The number of rotatable bonds is 8. The van der Waals surface area contributed by atoms with Crippen LogP contribution in [0.1, 0.15) is 17.5 Å². The van der Waals surface area contributed by atoms with E-state index in [0.29, 0.717) is 18.4 Å². The van der Waals surface area contributed by atoms with Gasteiger partial charge in [0.15, 0.2) is 5.96 Å². The molecule has 1 fully saturated rings. The highest BCUT2D eigenvalue weighted by molar-refractivity contribution is 5.77. The Morgan fingerprint density at radius 1 is 1.10 bits per heavy atom. The van der Waals surface area contributed by atoms with Crippen LogP contribution in [0.3, 0.4) is 0 Å². The largest absolute Gasteiger partial charge is 0.573 e. The zero-order chi connectivity index (χ0) is 21.4. The molecule has 0 amide bonds. The van der Waals surface area contributed by atoms with Gasteiger partial charge in [-0.3, -0.25) is 0 Å². The fraction of sp³-hybridized carbons (Fsp3) is 0.409. The van der Waals surface area contributed by atoms with E-state index in [1.165, 1.54) is 17.7 Å². The van der Waals surface area contributed by atoms with Crippen molar-refractivity contribution >= 4 is 5.96 Å². The van der Waals surface area contributed by atoms with Crippen molar-refractivity contribution in [3.8, 4) is 5.75 Å². The summed E-state index contributed by atoms with van der Waals surface area (Å²) in [5.41, 5.74) is 8.04. The number of guanidine groups is 1. The quantitative estimate of drug-likeness (QED) is 0.507. The number of hydrogen-bond acceptors (Lipinski definition) is 3. The van der Waals surface area contributed by atoms with Crippen LogP contribution < -0.4 is 15.8 Å². The molecule has 2 aromatic carbocycles. The summed E-state index contributed by atoms with van der Waals surface area (Å²) in [4.78, 5) is 6.73. The molecule has 30 heavy (non-hydrogen) atoms. The van der Waals surface area contributed by atoms with Gasteiger partial charge in [-0.1, -0.05) is 42.5 Å². The van der Waals surface area contributed by atoms with E-state index in [-0.39, 0.29) is 5.75 Å². The van der Waals surface area contributed by atoms with Gasteiger partial charge in [0.05, 0.1) is 6.54 Å². The van der Waals surface area contributed by atoms with Crippen LogP contribution in [0, 0.1) is 5.92 Å². The number of hydrogen-bond donors (Lipinski definition) is 2. The minimum absolute atomic E-state index is 0.251. The number of ether oxygens (including phenoxy) is 1. The predicted octanol–water partition coefficient (Wildman–Crippen LogP) is 3.55. The summed E-state index contributed by atoms with van der Waals surface area (Å²) in [6.07, 6.45) is -2.52. The summed E-state index contributed by atoms with van der Waals surface area (Å²) in [7, 11) is 0. The SMILES string of the molecule is NC(=NCc1ccc(OC(F)(F)F)cc1)NCC1CCN(CCc2ccccc2)C1. The van der Waals surface area contributed by atoms with Gasteiger partial charge in [0.25, 0.3) is 0 Å². The minimum atomic E-state index is -4.69. The maximum absolute atomic E-state index is 12.2. The Morgan fingerprint density at radius 3 is 2.53 bits per heavy atom. The molecule has 1 atom stereocenters. The van der Waals surface area contributed by atoms with Crippen molar-refractivity contribution in [2.75, 3.05) is 26.2 Å². The molecular formula is C22H27F3N4O. The van der Waals surface area contributed by atoms with E-state index in [0.717, 1.165) is 44.6 Å². The Bertz CT molecular complexity index is 809. The molecule has 1 unspecified atom stereocenters. The van der Waals surface area contributed by atoms with E-state index < -0.39 is 6.36 Å². The van der Waals surface area contributed by atoms with Crippen LogP contribution in [-0.2, 0) is 13.0 Å². The lowest BCUT2D eigenvalue weighted by atomic mass is 10.1. The maximum atomic E-state index is 12.2. The average molecular weight is 420 g/mol. The normalized spacial score (nSPS) is 17.8. The van der Waals surface area contributed by atoms with Crippen molar-refractivity contribution in [1.82, 2.24) is 10.2 Å². The standard InChI is InChI=1S/C22H27F3N4O/c23-22(24,25)30-20-8-6-18(7-9-20)14-27-21(26)28-15-19-11-13-29(16-19)12-10-17-4-2-1-3-5-17/h1-9,19H,10-16H2,(H3,26,27,28). The molecular weight excluding hydrogens is 393 g/mol. The van der Waals surface area contributed by atoms with E-state index in [4.69, 9.17) is 5.73 Å². The Kier molecular flexibility index (Phi) is 7.57. The number of alkyl halides is 3. The smallest absolute Gasteiger partial charge is 0.406 e. The average Bonchev–Trinajstić information content (AvgIpc) is 3.18. The number of halogens is 3. The summed E-state index contributed by atoms with van der Waals surface area (Å²) in [5, 5.41) is 3.16. The van der Waals surface area contributed by atoms with E-state index in [1.807, 2.05) is 6.07 Å². The second-order valence-corrected chi connectivity index (χ2v) is 7.47. The van der Waals surface area contributed by atoms with Crippen LogP contribution in [0.2, 0.25) is 0 Å². The number of benzene rings is 2. The van der Waals surface area contributed by atoms with E-state index in [9.17, 15) is 13.2 Å². The highest BCUT2D eigenvalue weighted by Gasteiger charge is 2.30. The molecule has 0 spiro atoms. The number of nitrogens with two attached hydrogens (primary N) is 1. The molecule has 0 aromatic heterocycles. The number of nitrogens with zero attached hydrogens (tertiary/aromatic N) is 2. The first-order valence-corrected chi connectivity index (χ1v) is 10.0. The van der Waals surface area contributed by atoms with Gasteiger partial charge in [-0.25, -0.2) is 4.99 Å². The molecule has 0 aliphatic carbocycles. The van der Waals surface area contributed by atoms with E-state index in [1.54, 1.807) is 12.1 Å². The van der Waals surface area contributed by atoms with E-state index in [2.05, 4.69) is 44.2 Å². The summed E-state index contributed by atoms with van der Waals surface area (Å²) in [5.74, 6) is 0.612. The molecule has 0 radical (unpaired) electrons. The zero-order valence-corrected chi connectivity index (χ0v) is 16.7. The molecule has 3 rings (SSSR count). The lowest BCUT2D eigenvalue weighted by Crippen LogP contribution is -2.36. The van der Waals surface area contributed by atoms with Crippen LogP contribution in [0.4, 0.5) is 13.2 Å². The summed E-state index contributed by atoms with van der Waals surface area (Å²) >= 11 is 0. The van der Waals surface area contributed by atoms with Crippen LogP contribution in [0.15, 0.2) is 59.6 Å². The fourth-order valence-electron chi connectivity index (χ4n) is 3.49.